The molecule has 1 N–H and O–H groups in total. The molecule has 4 heteroatoms. The minimum Gasteiger partial charge on any atom is -0.374 e. The van der Waals surface area contributed by atoms with E-state index in [1.54, 1.807) is 7.11 Å². The van der Waals surface area contributed by atoms with Crippen LogP contribution in [0.15, 0.2) is 0 Å². The lowest BCUT2D eigenvalue weighted by Crippen LogP contribution is -2.56. The molecule has 2 fully saturated rings. The largest absolute Gasteiger partial charge is 0.374 e. The number of nitrogens with one attached hydrogen (secondary N) is 1. The molecule has 1 aliphatic carbocycles. The van der Waals surface area contributed by atoms with E-state index in [4.69, 9.17) is 4.74 Å². The lowest BCUT2D eigenvalue weighted by atomic mass is 9.77. The lowest BCUT2D eigenvalue weighted by molar-refractivity contribution is -0.141. The highest BCUT2D eigenvalue weighted by atomic mass is 16.5. The van der Waals surface area contributed by atoms with Crippen LogP contribution in [0.1, 0.15) is 25.7 Å². The van der Waals surface area contributed by atoms with Gasteiger partial charge in [-0.3, -0.25) is 9.59 Å². The number of β-lactam (4-membered cyclic amide) rings is 1. The van der Waals surface area contributed by atoms with E-state index in [0.29, 0.717) is 6.42 Å². The van der Waals surface area contributed by atoms with Crippen molar-refractivity contribution in [2.24, 2.45) is 5.92 Å². The molecule has 2 aliphatic rings. The van der Waals surface area contributed by atoms with Crippen molar-refractivity contribution in [1.29, 1.82) is 0 Å². The van der Waals surface area contributed by atoms with Crippen LogP contribution in [-0.4, -0.2) is 30.9 Å². The molecule has 0 bridgehead atoms. The SMILES string of the molecule is CO[C@H]1CCC[C@H]([C@@H]2CC(=O)N2)C1=O. The molecule has 1 amide bonds. The van der Waals surface area contributed by atoms with Crippen molar-refractivity contribution in [1.82, 2.24) is 5.32 Å². The zero-order chi connectivity index (χ0) is 10.1. The Balaban J connectivity index is 1.97. The maximum atomic E-state index is 11.8. The molecule has 4 nitrogen and oxygen atoms in total. The highest BCUT2D eigenvalue weighted by molar-refractivity contribution is 5.91. The molecular weight excluding hydrogens is 182 g/mol. The predicted molar refractivity (Wildman–Crippen MR) is 49.7 cm³/mol. The summed E-state index contributed by atoms with van der Waals surface area (Å²) in [5.41, 5.74) is 0. The fourth-order valence-corrected chi connectivity index (χ4v) is 2.31. The van der Waals surface area contributed by atoms with E-state index >= 15 is 0 Å². The maximum Gasteiger partial charge on any atom is 0.222 e. The van der Waals surface area contributed by atoms with Gasteiger partial charge in [0, 0.05) is 25.5 Å². The van der Waals surface area contributed by atoms with Crippen molar-refractivity contribution in [3.63, 3.8) is 0 Å². The summed E-state index contributed by atoms with van der Waals surface area (Å²) in [7, 11) is 1.57. The zero-order valence-electron chi connectivity index (χ0n) is 8.29. The first kappa shape index (κ1) is 9.65. The monoisotopic (exact) mass is 197 g/mol. The smallest absolute Gasteiger partial charge is 0.222 e. The van der Waals surface area contributed by atoms with Crippen molar-refractivity contribution in [3.05, 3.63) is 0 Å². The van der Waals surface area contributed by atoms with Gasteiger partial charge in [0.25, 0.3) is 0 Å². The minimum absolute atomic E-state index is 0.00796. The average Bonchev–Trinajstić information content (AvgIpc) is 2.14. The van der Waals surface area contributed by atoms with Crippen LogP contribution in [-0.2, 0) is 14.3 Å². The summed E-state index contributed by atoms with van der Waals surface area (Å²) in [5, 5.41) is 2.77. The predicted octanol–water partition coefficient (Wildman–Crippen LogP) is 0.259. The van der Waals surface area contributed by atoms with E-state index in [2.05, 4.69) is 5.32 Å². The zero-order valence-corrected chi connectivity index (χ0v) is 8.29. The molecule has 1 saturated heterocycles. The van der Waals surface area contributed by atoms with Crippen LogP contribution >= 0.6 is 0 Å². The molecule has 14 heavy (non-hydrogen) atoms. The quantitative estimate of drug-likeness (QED) is 0.646. The Kier molecular flexibility index (Phi) is 2.54. The number of carbonyl (C=O) groups is 2. The van der Waals surface area contributed by atoms with Crippen molar-refractivity contribution >= 4 is 11.7 Å². The van der Waals surface area contributed by atoms with Crippen molar-refractivity contribution in [3.8, 4) is 0 Å². The van der Waals surface area contributed by atoms with Crippen LogP contribution in [0.3, 0.4) is 0 Å². The first-order valence-corrected chi connectivity index (χ1v) is 5.08. The summed E-state index contributed by atoms with van der Waals surface area (Å²) in [6.45, 7) is 0. The first-order valence-electron chi connectivity index (χ1n) is 5.08. The maximum absolute atomic E-state index is 11.8. The summed E-state index contributed by atoms with van der Waals surface area (Å²) >= 11 is 0. The number of ketones is 1. The highest BCUT2D eigenvalue weighted by Gasteiger charge is 2.41. The lowest BCUT2D eigenvalue weighted by Gasteiger charge is -2.37. The van der Waals surface area contributed by atoms with Crippen molar-refractivity contribution < 1.29 is 14.3 Å². The Morgan fingerprint density at radius 3 is 2.64 bits per heavy atom. The number of methoxy groups -OCH3 is 1. The molecule has 0 aromatic carbocycles. The number of Topliss-reactive ketones (excluding diaryl/α,β-unsaturated/α-hetero) is 1. The van der Waals surface area contributed by atoms with Crippen LogP contribution < -0.4 is 5.32 Å². The summed E-state index contributed by atoms with van der Waals surface area (Å²) < 4.78 is 5.12. The van der Waals surface area contributed by atoms with Gasteiger partial charge in [-0.15, -0.1) is 0 Å². The topological polar surface area (TPSA) is 55.4 Å². The summed E-state index contributed by atoms with van der Waals surface area (Å²) in [4.78, 5) is 22.6. The normalized spacial score (nSPS) is 37.6. The fraction of sp³-hybridized carbons (Fsp3) is 0.800. The molecule has 2 rings (SSSR count). The van der Waals surface area contributed by atoms with Gasteiger partial charge >= 0.3 is 0 Å². The fourth-order valence-electron chi connectivity index (χ4n) is 2.31. The van der Waals surface area contributed by atoms with Crippen LogP contribution in [0.5, 0.6) is 0 Å². The Hall–Kier alpha value is -0.900. The molecule has 3 atom stereocenters. The third kappa shape index (κ3) is 1.54. The molecule has 1 aliphatic heterocycles. The molecule has 1 heterocycles. The number of carbonyl (C=O) groups excluding carboxylic acids is 2. The second kappa shape index (κ2) is 3.69. The van der Waals surface area contributed by atoms with Gasteiger partial charge in [-0.05, 0) is 19.3 Å². The molecule has 0 unspecified atom stereocenters. The van der Waals surface area contributed by atoms with Gasteiger partial charge in [-0.25, -0.2) is 0 Å². The van der Waals surface area contributed by atoms with Gasteiger partial charge in [0.05, 0.1) is 0 Å². The van der Waals surface area contributed by atoms with Crippen LogP contribution in [0.25, 0.3) is 0 Å². The van der Waals surface area contributed by atoms with Crippen LogP contribution in [0, 0.1) is 5.92 Å². The summed E-state index contributed by atoms with van der Waals surface area (Å²) in [6, 6.07) is 0.0768. The number of rotatable bonds is 2. The van der Waals surface area contributed by atoms with Crippen LogP contribution in [0.4, 0.5) is 0 Å². The molecule has 0 aromatic rings. The number of hydrogen-bond donors (Lipinski definition) is 1. The van der Waals surface area contributed by atoms with Gasteiger partial charge in [0.2, 0.25) is 5.91 Å². The van der Waals surface area contributed by atoms with E-state index in [-0.39, 0.29) is 29.8 Å². The molecule has 1 saturated carbocycles. The van der Waals surface area contributed by atoms with Crippen LogP contribution in [0.2, 0.25) is 0 Å². The highest BCUT2D eigenvalue weighted by Crippen LogP contribution is 2.29. The Morgan fingerprint density at radius 2 is 2.07 bits per heavy atom. The van der Waals surface area contributed by atoms with E-state index in [1.165, 1.54) is 0 Å². The van der Waals surface area contributed by atoms with Gasteiger partial charge < -0.3 is 10.1 Å². The van der Waals surface area contributed by atoms with E-state index < -0.39 is 0 Å². The molecule has 0 aromatic heterocycles. The number of ether oxygens (including phenoxy) is 1. The molecular formula is C10H15NO3. The van der Waals surface area contributed by atoms with Gasteiger partial charge in [-0.2, -0.15) is 0 Å². The molecule has 0 radical (unpaired) electrons. The Labute approximate surface area is 83.0 Å². The second-order valence-electron chi connectivity index (χ2n) is 4.04. The Bertz CT molecular complexity index is 256. The van der Waals surface area contributed by atoms with Crippen molar-refractivity contribution in [2.75, 3.05) is 7.11 Å². The standard InChI is InChI=1S/C10H15NO3/c1-14-8-4-2-3-6(10(8)13)7-5-9(12)11-7/h6-8H,2-5H2,1H3,(H,11,12)/t6-,7+,8+/m1/s1. The summed E-state index contributed by atoms with van der Waals surface area (Å²) in [6.07, 6.45) is 3.00. The Morgan fingerprint density at radius 1 is 1.36 bits per heavy atom. The van der Waals surface area contributed by atoms with E-state index in [0.717, 1.165) is 19.3 Å². The first-order chi connectivity index (χ1) is 6.72. The molecule has 78 valence electrons. The van der Waals surface area contributed by atoms with Gasteiger partial charge in [0.15, 0.2) is 5.78 Å². The van der Waals surface area contributed by atoms with E-state index in [1.807, 2.05) is 0 Å². The van der Waals surface area contributed by atoms with E-state index in [9.17, 15) is 9.59 Å². The average molecular weight is 197 g/mol. The van der Waals surface area contributed by atoms with Gasteiger partial charge in [0.1, 0.15) is 6.10 Å². The number of amides is 1. The number of hydrogen-bond acceptors (Lipinski definition) is 3. The van der Waals surface area contributed by atoms with Crippen molar-refractivity contribution in [2.45, 2.75) is 37.8 Å². The third-order valence-electron chi connectivity index (χ3n) is 3.19. The third-order valence-corrected chi connectivity index (χ3v) is 3.19. The minimum atomic E-state index is -0.244. The van der Waals surface area contributed by atoms with Gasteiger partial charge in [-0.1, -0.05) is 0 Å². The second-order valence-corrected chi connectivity index (χ2v) is 4.04. The summed E-state index contributed by atoms with van der Waals surface area (Å²) in [5.74, 6) is 0.220. The molecule has 0 spiro atoms.